The zero-order valence-corrected chi connectivity index (χ0v) is 13.3. The molecule has 0 aliphatic carbocycles. The fourth-order valence-electron chi connectivity index (χ4n) is 2.76. The third-order valence-electron chi connectivity index (χ3n) is 4.04. The fourth-order valence-corrected chi connectivity index (χ4v) is 2.76. The van der Waals surface area contributed by atoms with Gasteiger partial charge in [0.2, 0.25) is 6.29 Å². The summed E-state index contributed by atoms with van der Waals surface area (Å²) in [6, 6.07) is 9.60. The third kappa shape index (κ3) is 3.00. The predicted octanol–water partition coefficient (Wildman–Crippen LogP) is 2.76. The van der Waals surface area contributed by atoms with Crippen molar-refractivity contribution in [2.45, 2.75) is 39.1 Å². The van der Waals surface area contributed by atoms with Crippen LogP contribution in [0.1, 0.15) is 36.1 Å². The molecule has 0 bridgehead atoms. The number of aromatic nitrogens is 1. The van der Waals surface area contributed by atoms with Crippen molar-refractivity contribution >= 4 is 6.09 Å². The van der Waals surface area contributed by atoms with Crippen molar-refractivity contribution < 1.29 is 23.4 Å². The molecule has 7 heteroatoms. The lowest BCUT2D eigenvalue weighted by atomic mass is 10.2. The summed E-state index contributed by atoms with van der Waals surface area (Å²) in [7, 11) is 0. The molecule has 1 saturated heterocycles. The Balaban J connectivity index is 1.36. The van der Waals surface area contributed by atoms with Crippen LogP contribution in [0.15, 0.2) is 34.7 Å². The van der Waals surface area contributed by atoms with Crippen LogP contribution in [-0.2, 0) is 33.8 Å². The van der Waals surface area contributed by atoms with Gasteiger partial charge in [0.05, 0.1) is 6.54 Å². The van der Waals surface area contributed by atoms with E-state index in [1.54, 1.807) is 4.90 Å². The van der Waals surface area contributed by atoms with Crippen LogP contribution in [0.2, 0.25) is 0 Å². The molecule has 0 radical (unpaired) electrons. The molecule has 1 fully saturated rings. The number of hydrogen-bond acceptors (Lipinski definition) is 6. The first-order valence-corrected chi connectivity index (χ1v) is 7.94. The molecule has 7 nitrogen and oxygen atoms in total. The quantitative estimate of drug-likeness (QED) is 0.861. The van der Waals surface area contributed by atoms with E-state index in [-0.39, 0.29) is 19.0 Å². The number of rotatable bonds is 3. The molecule has 2 aliphatic rings. The van der Waals surface area contributed by atoms with Crippen LogP contribution in [0.5, 0.6) is 0 Å². The van der Waals surface area contributed by atoms with Gasteiger partial charge in [-0.25, -0.2) is 9.78 Å². The molecule has 3 heterocycles. The molecule has 0 spiro atoms. The van der Waals surface area contributed by atoms with E-state index in [9.17, 15) is 4.79 Å². The summed E-state index contributed by atoms with van der Waals surface area (Å²) in [4.78, 5) is 18.2. The van der Waals surface area contributed by atoms with Gasteiger partial charge in [0.1, 0.15) is 18.1 Å². The van der Waals surface area contributed by atoms with E-state index in [0.29, 0.717) is 25.4 Å². The third-order valence-corrected chi connectivity index (χ3v) is 4.04. The minimum atomic E-state index is -0.538. The fraction of sp³-hybridized carbons (Fsp3) is 0.412. The first kappa shape index (κ1) is 15.2. The van der Waals surface area contributed by atoms with Gasteiger partial charge in [0, 0.05) is 13.0 Å². The maximum atomic E-state index is 12.2. The Labute approximate surface area is 139 Å². The van der Waals surface area contributed by atoms with E-state index in [1.807, 2.05) is 37.3 Å². The molecule has 0 atom stereocenters. The van der Waals surface area contributed by atoms with Crippen molar-refractivity contribution in [3.8, 4) is 0 Å². The minimum Gasteiger partial charge on any atom is -0.445 e. The Hall–Kier alpha value is -2.38. The van der Waals surface area contributed by atoms with E-state index in [4.69, 9.17) is 18.6 Å². The second-order valence-electron chi connectivity index (χ2n) is 5.81. The number of fused-ring (bicyclic) bond motifs is 1. The first-order valence-electron chi connectivity index (χ1n) is 7.94. The number of oxazole rings is 1. The van der Waals surface area contributed by atoms with Crippen LogP contribution in [0, 0.1) is 0 Å². The smallest absolute Gasteiger partial charge is 0.410 e. The molecule has 2 aromatic rings. The summed E-state index contributed by atoms with van der Waals surface area (Å²) in [5, 5.41) is 0. The highest BCUT2D eigenvalue weighted by molar-refractivity contribution is 5.68. The Bertz CT molecular complexity index is 724. The highest BCUT2D eigenvalue weighted by Crippen LogP contribution is 2.33. The molecule has 0 N–H and O–H groups in total. The monoisotopic (exact) mass is 330 g/mol. The van der Waals surface area contributed by atoms with Crippen molar-refractivity contribution in [1.82, 2.24) is 9.88 Å². The number of ether oxygens (including phenoxy) is 3. The maximum absolute atomic E-state index is 12.2. The van der Waals surface area contributed by atoms with Gasteiger partial charge >= 0.3 is 6.09 Å². The number of hydrogen-bond donors (Lipinski definition) is 0. The summed E-state index contributed by atoms with van der Waals surface area (Å²) >= 11 is 0. The number of benzene rings is 1. The van der Waals surface area contributed by atoms with Crippen molar-refractivity contribution in [3.05, 3.63) is 53.2 Å². The zero-order chi connectivity index (χ0) is 16.5. The molecule has 1 amide bonds. The van der Waals surface area contributed by atoms with Gasteiger partial charge in [-0.1, -0.05) is 30.3 Å². The highest BCUT2D eigenvalue weighted by Gasteiger charge is 2.35. The van der Waals surface area contributed by atoms with Crippen LogP contribution >= 0.6 is 0 Å². The van der Waals surface area contributed by atoms with Crippen LogP contribution in [0.25, 0.3) is 0 Å². The first-order chi connectivity index (χ1) is 11.7. The topological polar surface area (TPSA) is 74.0 Å². The Morgan fingerprint density at radius 2 is 2.12 bits per heavy atom. The van der Waals surface area contributed by atoms with E-state index >= 15 is 0 Å². The van der Waals surface area contributed by atoms with Crippen molar-refractivity contribution in [3.63, 3.8) is 0 Å². The predicted molar refractivity (Wildman–Crippen MR) is 81.6 cm³/mol. The van der Waals surface area contributed by atoms with Crippen molar-refractivity contribution in [1.29, 1.82) is 0 Å². The van der Waals surface area contributed by atoms with E-state index in [1.165, 1.54) is 0 Å². The lowest BCUT2D eigenvalue weighted by Gasteiger charge is -2.30. The number of carbonyl (C=O) groups is 1. The molecular weight excluding hydrogens is 312 g/mol. The molecular formula is C17H18N2O5. The number of nitrogens with zero attached hydrogens (tertiary/aromatic N) is 2. The van der Waals surface area contributed by atoms with E-state index in [0.717, 1.165) is 17.0 Å². The van der Waals surface area contributed by atoms with Gasteiger partial charge in [0.25, 0.3) is 5.89 Å². The normalized spacial score (nSPS) is 22.6. The lowest BCUT2D eigenvalue weighted by molar-refractivity contribution is -0.389. The average molecular weight is 330 g/mol. The summed E-state index contributed by atoms with van der Waals surface area (Å²) in [6.07, 6.45) is -0.517. The Morgan fingerprint density at radius 3 is 2.88 bits per heavy atom. The van der Waals surface area contributed by atoms with Crippen LogP contribution in [-0.4, -0.2) is 28.8 Å². The van der Waals surface area contributed by atoms with E-state index < -0.39 is 6.29 Å². The molecule has 0 saturated carbocycles. The zero-order valence-electron chi connectivity index (χ0n) is 13.3. The molecule has 1 aromatic heterocycles. The molecule has 2 aliphatic heterocycles. The summed E-state index contributed by atoms with van der Waals surface area (Å²) < 4.78 is 21.8. The van der Waals surface area contributed by atoms with E-state index in [2.05, 4.69) is 4.98 Å². The van der Waals surface area contributed by atoms with Crippen LogP contribution in [0.3, 0.4) is 0 Å². The van der Waals surface area contributed by atoms with Gasteiger partial charge in [-0.3, -0.25) is 0 Å². The standard InChI is InChI=1S/C17H18N2O5/c1-11-22-16(23-11)15-18-13-9-19(8-7-14(13)24-15)17(20)21-10-12-5-3-2-4-6-12/h2-6,11,16H,7-10H2,1H3. The molecule has 0 unspecified atom stereocenters. The lowest BCUT2D eigenvalue weighted by Crippen LogP contribution is -2.36. The summed E-state index contributed by atoms with van der Waals surface area (Å²) in [5.74, 6) is 1.20. The molecule has 24 heavy (non-hydrogen) atoms. The minimum absolute atomic E-state index is 0.233. The second-order valence-corrected chi connectivity index (χ2v) is 5.81. The summed E-state index contributed by atoms with van der Waals surface area (Å²) in [5.41, 5.74) is 1.69. The molecule has 126 valence electrons. The molecule has 4 rings (SSSR count). The van der Waals surface area contributed by atoms with Crippen LogP contribution in [0.4, 0.5) is 4.79 Å². The van der Waals surface area contributed by atoms with Gasteiger partial charge in [-0.15, -0.1) is 0 Å². The number of amides is 1. The SMILES string of the molecule is CC1OC(c2nc3c(o2)CCN(C(=O)OCc2ccccc2)C3)O1. The maximum Gasteiger partial charge on any atom is 0.410 e. The second kappa shape index (κ2) is 6.26. The highest BCUT2D eigenvalue weighted by atomic mass is 16.9. The molecule has 1 aromatic carbocycles. The number of carbonyl (C=O) groups excluding carboxylic acids is 1. The van der Waals surface area contributed by atoms with Gasteiger partial charge in [-0.2, -0.15) is 0 Å². The van der Waals surface area contributed by atoms with Crippen molar-refractivity contribution in [2.75, 3.05) is 6.54 Å². The van der Waals surface area contributed by atoms with Gasteiger partial charge in [-0.05, 0) is 12.5 Å². The van der Waals surface area contributed by atoms with Crippen LogP contribution < -0.4 is 0 Å². The largest absolute Gasteiger partial charge is 0.445 e. The average Bonchev–Trinajstić information content (AvgIpc) is 3.00. The Morgan fingerprint density at radius 1 is 1.33 bits per heavy atom. The van der Waals surface area contributed by atoms with Crippen molar-refractivity contribution in [2.24, 2.45) is 0 Å². The van der Waals surface area contributed by atoms with Gasteiger partial charge < -0.3 is 23.5 Å². The van der Waals surface area contributed by atoms with Gasteiger partial charge in [0.15, 0.2) is 6.29 Å². The Kier molecular flexibility index (Phi) is 3.95. The summed E-state index contributed by atoms with van der Waals surface area (Å²) in [6.45, 7) is 2.98.